The molecule has 4 aromatic rings. The van der Waals surface area contributed by atoms with Gasteiger partial charge in [-0.1, -0.05) is 26.0 Å². The first kappa shape index (κ1) is 23.2. The Bertz CT molecular complexity index is 1400. The van der Waals surface area contributed by atoms with Crippen molar-refractivity contribution in [1.82, 2.24) is 9.66 Å². The van der Waals surface area contributed by atoms with Crippen LogP contribution in [0.3, 0.4) is 0 Å². The van der Waals surface area contributed by atoms with Crippen molar-refractivity contribution in [3.8, 4) is 22.9 Å². The molecule has 4 rings (SSSR count). The predicted molar refractivity (Wildman–Crippen MR) is 137 cm³/mol. The molecule has 0 fully saturated rings. The third-order valence-corrected chi connectivity index (χ3v) is 5.71. The SMILES string of the molecule is CCOc1ccc(C=Nn2c(-c3cc(C(C)C)c(OC)cc3C)nc3ccccc3c2=O)cc1. The van der Waals surface area contributed by atoms with Gasteiger partial charge in [-0.05, 0) is 85.0 Å². The number of hydrogen-bond donors (Lipinski definition) is 0. The quantitative estimate of drug-likeness (QED) is 0.331. The highest BCUT2D eigenvalue weighted by molar-refractivity contribution is 5.82. The minimum atomic E-state index is -0.218. The van der Waals surface area contributed by atoms with Gasteiger partial charge in [0.15, 0.2) is 5.82 Å². The van der Waals surface area contributed by atoms with E-state index in [1.54, 1.807) is 19.4 Å². The van der Waals surface area contributed by atoms with Gasteiger partial charge in [0.1, 0.15) is 11.5 Å². The van der Waals surface area contributed by atoms with Crippen molar-refractivity contribution in [2.45, 2.75) is 33.6 Å². The van der Waals surface area contributed by atoms with Gasteiger partial charge in [0.25, 0.3) is 5.56 Å². The summed E-state index contributed by atoms with van der Waals surface area (Å²) in [5, 5.41) is 5.10. The van der Waals surface area contributed by atoms with Gasteiger partial charge in [-0.3, -0.25) is 4.79 Å². The summed E-state index contributed by atoms with van der Waals surface area (Å²) in [6.45, 7) is 8.77. The van der Waals surface area contributed by atoms with E-state index < -0.39 is 0 Å². The van der Waals surface area contributed by atoms with Crippen molar-refractivity contribution >= 4 is 17.1 Å². The molecule has 0 unspecified atom stereocenters. The summed E-state index contributed by atoms with van der Waals surface area (Å²) in [4.78, 5) is 18.4. The molecule has 6 nitrogen and oxygen atoms in total. The summed E-state index contributed by atoms with van der Waals surface area (Å²) in [5.41, 5.74) is 4.11. The minimum Gasteiger partial charge on any atom is -0.496 e. The summed E-state index contributed by atoms with van der Waals surface area (Å²) in [5.74, 6) is 2.35. The van der Waals surface area contributed by atoms with E-state index in [9.17, 15) is 4.79 Å². The Morgan fingerprint density at radius 2 is 1.82 bits per heavy atom. The van der Waals surface area contributed by atoms with Gasteiger partial charge >= 0.3 is 0 Å². The lowest BCUT2D eigenvalue weighted by Crippen LogP contribution is -2.20. The van der Waals surface area contributed by atoms with Gasteiger partial charge in [-0.2, -0.15) is 9.78 Å². The minimum absolute atomic E-state index is 0.218. The van der Waals surface area contributed by atoms with Crippen LogP contribution in [0.4, 0.5) is 0 Å². The first-order valence-corrected chi connectivity index (χ1v) is 11.4. The second-order valence-electron chi connectivity index (χ2n) is 8.38. The van der Waals surface area contributed by atoms with Crippen molar-refractivity contribution in [2.75, 3.05) is 13.7 Å². The van der Waals surface area contributed by atoms with Gasteiger partial charge in [0.2, 0.25) is 0 Å². The molecule has 6 heteroatoms. The number of aryl methyl sites for hydroxylation is 1. The fraction of sp³-hybridized carbons (Fsp3) is 0.250. The number of benzene rings is 3. The van der Waals surface area contributed by atoms with Crippen LogP contribution in [-0.4, -0.2) is 29.6 Å². The molecule has 34 heavy (non-hydrogen) atoms. The van der Waals surface area contributed by atoms with Crippen LogP contribution in [-0.2, 0) is 0 Å². The maximum Gasteiger partial charge on any atom is 0.282 e. The number of aromatic nitrogens is 2. The second kappa shape index (κ2) is 9.91. The van der Waals surface area contributed by atoms with Gasteiger partial charge < -0.3 is 9.47 Å². The topological polar surface area (TPSA) is 65.7 Å². The molecule has 0 amide bonds. The zero-order valence-electron chi connectivity index (χ0n) is 20.2. The van der Waals surface area contributed by atoms with E-state index in [2.05, 4.69) is 25.0 Å². The van der Waals surface area contributed by atoms with Crippen LogP contribution in [0.25, 0.3) is 22.3 Å². The third-order valence-electron chi connectivity index (χ3n) is 5.71. The molecule has 1 aromatic heterocycles. The number of hydrogen-bond acceptors (Lipinski definition) is 5. The molecular formula is C28H29N3O3. The van der Waals surface area contributed by atoms with Crippen LogP contribution in [0.2, 0.25) is 0 Å². The highest BCUT2D eigenvalue weighted by atomic mass is 16.5. The highest BCUT2D eigenvalue weighted by Gasteiger charge is 2.18. The van der Waals surface area contributed by atoms with Crippen molar-refractivity contribution in [3.05, 3.63) is 87.7 Å². The Kier molecular flexibility index (Phi) is 6.77. The molecule has 0 radical (unpaired) electrons. The van der Waals surface area contributed by atoms with Crippen LogP contribution in [0, 0.1) is 6.92 Å². The summed E-state index contributed by atoms with van der Waals surface area (Å²) in [6, 6.07) is 19.0. The molecule has 0 saturated heterocycles. The number of methoxy groups -OCH3 is 1. The first-order valence-electron chi connectivity index (χ1n) is 11.4. The van der Waals surface area contributed by atoms with E-state index in [1.165, 1.54) is 4.68 Å². The molecule has 1 heterocycles. The van der Waals surface area contributed by atoms with Crippen LogP contribution in [0.15, 0.2) is 70.6 Å². The maximum absolute atomic E-state index is 13.5. The number of fused-ring (bicyclic) bond motifs is 1. The van der Waals surface area contributed by atoms with E-state index in [4.69, 9.17) is 14.5 Å². The lowest BCUT2D eigenvalue weighted by molar-refractivity contribution is 0.340. The van der Waals surface area contributed by atoms with Crippen molar-refractivity contribution < 1.29 is 9.47 Å². The molecule has 0 spiro atoms. The van der Waals surface area contributed by atoms with Gasteiger partial charge in [0, 0.05) is 5.56 Å². The first-order chi connectivity index (χ1) is 16.4. The van der Waals surface area contributed by atoms with Crippen LogP contribution in [0.1, 0.15) is 43.4 Å². The Labute approximate surface area is 199 Å². The molecule has 0 bridgehead atoms. The normalized spacial score (nSPS) is 11.5. The zero-order valence-corrected chi connectivity index (χ0v) is 20.2. The Hall–Kier alpha value is -3.93. The summed E-state index contributed by atoms with van der Waals surface area (Å²) >= 11 is 0. The molecule has 0 aliphatic rings. The Morgan fingerprint density at radius 1 is 1.09 bits per heavy atom. The number of nitrogens with zero attached hydrogens (tertiary/aromatic N) is 3. The monoisotopic (exact) mass is 455 g/mol. The van der Waals surface area contributed by atoms with Crippen LogP contribution < -0.4 is 15.0 Å². The lowest BCUT2D eigenvalue weighted by Gasteiger charge is -2.17. The molecule has 0 atom stereocenters. The molecule has 0 saturated carbocycles. The molecular weight excluding hydrogens is 426 g/mol. The zero-order chi connectivity index (χ0) is 24.2. The number of ether oxygens (including phenoxy) is 2. The van der Waals surface area contributed by atoms with E-state index >= 15 is 0 Å². The fourth-order valence-electron chi connectivity index (χ4n) is 3.91. The number of para-hydroxylation sites is 1. The van der Waals surface area contributed by atoms with E-state index in [1.807, 2.05) is 62.4 Å². The van der Waals surface area contributed by atoms with Crippen molar-refractivity contribution in [1.29, 1.82) is 0 Å². The molecule has 0 N–H and O–H groups in total. The van der Waals surface area contributed by atoms with E-state index in [-0.39, 0.29) is 11.5 Å². The average molecular weight is 456 g/mol. The van der Waals surface area contributed by atoms with E-state index in [0.29, 0.717) is 23.3 Å². The molecule has 3 aromatic carbocycles. The van der Waals surface area contributed by atoms with Gasteiger partial charge in [-0.15, -0.1) is 0 Å². The Balaban J connectivity index is 1.91. The third kappa shape index (κ3) is 4.57. The van der Waals surface area contributed by atoms with Crippen molar-refractivity contribution in [3.63, 3.8) is 0 Å². The number of rotatable bonds is 7. The molecule has 0 aliphatic heterocycles. The van der Waals surface area contributed by atoms with Crippen molar-refractivity contribution in [2.24, 2.45) is 5.10 Å². The second-order valence-corrected chi connectivity index (χ2v) is 8.38. The summed E-state index contributed by atoms with van der Waals surface area (Å²) < 4.78 is 12.5. The summed E-state index contributed by atoms with van der Waals surface area (Å²) in [7, 11) is 1.67. The highest BCUT2D eigenvalue weighted by Crippen LogP contribution is 2.34. The Morgan fingerprint density at radius 3 is 2.50 bits per heavy atom. The molecule has 0 aliphatic carbocycles. The predicted octanol–water partition coefficient (Wildman–Crippen LogP) is 5.78. The lowest BCUT2D eigenvalue weighted by atomic mass is 9.96. The van der Waals surface area contributed by atoms with Gasteiger partial charge in [-0.25, -0.2) is 4.98 Å². The largest absolute Gasteiger partial charge is 0.496 e. The van der Waals surface area contributed by atoms with E-state index in [0.717, 1.165) is 33.8 Å². The standard InChI is InChI=1S/C28H29N3O3/c1-6-34-21-13-11-20(12-14-21)17-29-31-27(30-25-10-8-7-9-22(25)28(31)32)24-16-23(18(2)3)26(33-5)15-19(24)4/h7-18H,6H2,1-5H3. The average Bonchev–Trinajstić information content (AvgIpc) is 2.84. The maximum atomic E-state index is 13.5. The molecule has 174 valence electrons. The fourth-order valence-corrected chi connectivity index (χ4v) is 3.91. The summed E-state index contributed by atoms with van der Waals surface area (Å²) in [6.07, 6.45) is 1.67. The van der Waals surface area contributed by atoms with Crippen LogP contribution >= 0.6 is 0 Å². The smallest absolute Gasteiger partial charge is 0.282 e. The van der Waals surface area contributed by atoms with Crippen LogP contribution in [0.5, 0.6) is 11.5 Å². The van der Waals surface area contributed by atoms with Gasteiger partial charge in [0.05, 0.1) is 30.8 Å².